The minimum absolute atomic E-state index is 0.0840. The van der Waals surface area contributed by atoms with Crippen molar-refractivity contribution in [3.05, 3.63) is 60.8 Å². The van der Waals surface area contributed by atoms with Gasteiger partial charge in [-0.05, 0) is 89.9 Å². The molecule has 0 amide bonds. The predicted octanol–water partition coefficient (Wildman–Crippen LogP) is 16.9. The fourth-order valence-corrected chi connectivity index (χ4v) is 7.07. The monoisotopic (exact) mass is 853 g/mol. The van der Waals surface area contributed by atoms with E-state index in [0.29, 0.717) is 19.3 Å². The van der Waals surface area contributed by atoms with E-state index in [2.05, 4.69) is 81.5 Å². The van der Waals surface area contributed by atoms with Gasteiger partial charge in [0.1, 0.15) is 13.2 Å². The van der Waals surface area contributed by atoms with Gasteiger partial charge < -0.3 is 14.2 Å². The first kappa shape index (κ1) is 58.1. The number of carbonyl (C=O) groups is 3. The molecule has 0 radical (unpaired) electrons. The molecule has 1 atom stereocenters. The molecule has 0 saturated carbocycles. The minimum Gasteiger partial charge on any atom is -0.462 e. The first-order chi connectivity index (χ1) is 30.0. The van der Waals surface area contributed by atoms with E-state index in [4.69, 9.17) is 14.2 Å². The standard InChI is InChI=1S/C55H96O6/c1-4-7-10-13-16-18-20-22-24-25-26-27-28-29-31-32-34-36-39-42-45-48-54(57)60-51-52(50-59-53(56)47-44-41-38-15-12-9-6-3)61-55(58)49-46-43-40-37-35-33-30-23-21-19-17-14-11-8-5-2/h17,19-20,22-23,25-26,28-30,52H,4-16,18,21,24,27,31-51H2,1-3H3/b19-17-,22-20-,26-25-,29-28-,30-23-. The molecule has 6 heteroatoms. The van der Waals surface area contributed by atoms with Crippen molar-refractivity contribution in [2.45, 2.75) is 258 Å². The van der Waals surface area contributed by atoms with E-state index < -0.39 is 6.10 Å². The number of ether oxygens (including phenoxy) is 3. The highest BCUT2D eigenvalue weighted by Crippen LogP contribution is 2.14. The van der Waals surface area contributed by atoms with E-state index in [-0.39, 0.29) is 31.1 Å². The van der Waals surface area contributed by atoms with Gasteiger partial charge in [0.2, 0.25) is 0 Å². The van der Waals surface area contributed by atoms with Crippen LogP contribution in [0.3, 0.4) is 0 Å². The summed E-state index contributed by atoms with van der Waals surface area (Å²) in [4.78, 5) is 37.8. The summed E-state index contributed by atoms with van der Waals surface area (Å²) in [5.74, 6) is -0.915. The van der Waals surface area contributed by atoms with Crippen molar-refractivity contribution in [3.63, 3.8) is 0 Å². The van der Waals surface area contributed by atoms with Crippen molar-refractivity contribution >= 4 is 17.9 Å². The first-order valence-corrected chi connectivity index (χ1v) is 25.8. The lowest BCUT2D eigenvalue weighted by Gasteiger charge is -2.18. The summed E-state index contributed by atoms with van der Waals surface area (Å²) in [7, 11) is 0. The molecule has 1 unspecified atom stereocenters. The zero-order valence-electron chi connectivity index (χ0n) is 40.2. The normalized spacial score (nSPS) is 12.5. The second kappa shape index (κ2) is 49.8. The van der Waals surface area contributed by atoms with Crippen LogP contribution < -0.4 is 0 Å². The highest BCUT2D eigenvalue weighted by Gasteiger charge is 2.19. The summed E-state index contributed by atoms with van der Waals surface area (Å²) in [5.41, 5.74) is 0. The highest BCUT2D eigenvalue weighted by atomic mass is 16.6. The maximum atomic E-state index is 12.7. The van der Waals surface area contributed by atoms with Crippen LogP contribution in [0.5, 0.6) is 0 Å². The molecule has 0 bridgehead atoms. The van der Waals surface area contributed by atoms with Crippen molar-refractivity contribution < 1.29 is 28.6 Å². The van der Waals surface area contributed by atoms with Gasteiger partial charge in [0, 0.05) is 19.3 Å². The van der Waals surface area contributed by atoms with E-state index in [9.17, 15) is 14.4 Å². The van der Waals surface area contributed by atoms with Crippen molar-refractivity contribution in [3.8, 4) is 0 Å². The molecule has 0 saturated heterocycles. The van der Waals surface area contributed by atoms with Gasteiger partial charge in [0.15, 0.2) is 6.10 Å². The largest absolute Gasteiger partial charge is 0.462 e. The van der Waals surface area contributed by atoms with Gasteiger partial charge >= 0.3 is 17.9 Å². The van der Waals surface area contributed by atoms with Crippen LogP contribution in [-0.4, -0.2) is 37.2 Å². The summed E-state index contributed by atoms with van der Waals surface area (Å²) in [6.45, 7) is 6.54. The van der Waals surface area contributed by atoms with Crippen molar-refractivity contribution in [2.24, 2.45) is 0 Å². The molecule has 0 rings (SSSR count). The molecule has 352 valence electrons. The molecule has 0 heterocycles. The van der Waals surface area contributed by atoms with Crippen LogP contribution in [0.15, 0.2) is 60.8 Å². The van der Waals surface area contributed by atoms with Gasteiger partial charge in [-0.15, -0.1) is 0 Å². The van der Waals surface area contributed by atoms with Crippen LogP contribution in [-0.2, 0) is 28.6 Å². The third-order valence-corrected chi connectivity index (χ3v) is 11.0. The van der Waals surface area contributed by atoms with E-state index in [1.807, 2.05) is 0 Å². The van der Waals surface area contributed by atoms with Crippen LogP contribution in [0.1, 0.15) is 252 Å². The predicted molar refractivity (Wildman–Crippen MR) is 261 cm³/mol. The number of esters is 3. The van der Waals surface area contributed by atoms with Crippen molar-refractivity contribution in [1.82, 2.24) is 0 Å². The number of unbranched alkanes of at least 4 members (excludes halogenated alkanes) is 25. The van der Waals surface area contributed by atoms with E-state index in [1.165, 1.54) is 109 Å². The van der Waals surface area contributed by atoms with Gasteiger partial charge in [-0.3, -0.25) is 14.4 Å². The first-order valence-electron chi connectivity index (χ1n) is 25.8. The molecule has 0 aliphatic carbocycles. The average Bonchev–Trinajstić information content (AvgIpc) is 3.26. The molecule has 0 aromatic carbocycles. The third kappa shape index (κ3) is 48.0. The lowest BCUT2D eigenvalue weighted by Crippen LogP contribution is -2.30. The molecule has 61 heavy (non-hydrogen) atoms. The zero-order valence-corrected chi connectivity index (χ0v) is 40.2. The Morgan fingerprint density at radius 3 is 0.951 bits per heavy atom. The van der Waals surface area contributed by atoms with Gasteiger partial charge in [-0.25, -0.2) is 0 Å². The van der Waals surface area contributed by atoms with Crippen molar-refractivity contribution in [2.75, 3.05) is 13.2 Å². The molecule has 0 fully saturated rings. The maximum Gasteiger partial charge on any atom is 0.306 e. The number of rotatable bonds is 46. The van der Waals surface area contributed by atoms with E-state index >= 15 is 0 Å². The van der Waals surface area contributed by atoms with E-state index in [0.717, 1.165) is 103 Å². The molecular weight excluding hydrogens is 757 g/mol. The second-order valence-corrected chi connectivity index (χ2v) is 17.1. The number of hydrogen-bond acceptors (Lipinski definition) is 6. The maximum absolute atomic E-state index is 12.7. The van der Waals surface area contributed by atoms with Gasteiger partial charge in [-0.1, -0.05) is 204 Å². The van der Waals surface area contributed by atoms with Crippen LogP contribution >= 0.6 is 0 Å². The SMILES string of the molecule is CCCCC/C=C\C/C=C\CCCCCCCC(=O)OC(COC(=O)CCCCCCCCC)COC(=O)CCCCCCCC/C=C\C/C=C\C/C=C\CCCCCCC. The smallest absolute Gasteiger partial charge is 0.306 e. The summed E-state index contributed by atoms with van der Waals surface area (Å²) in [6.07, 6.45) is 60.7. The highest BCUT2D eigenvalue weighted by molar-refractivity contribution is 5.71. The molecule has 0 aromatic rings. The quantitative estimate of drug-likeness (QED) is 0.0263. The number of carbonyl (C=O) groups excluding carboxylic acids is 3. The van der Waals surface area contributed by atoms with Crippen molar-refractivity contribution in [1.29, 1.82) is 0 Å². The summed E-state index contributed by atoms with van der Waals surface area (Å²) >= 11 is 0. The Labute approximate surface area is 377 Å². The summed E-state index contributed by atoms with van der Waals surface area (Å²) in [6, 6.07) is 0. The fourth-order valence-electron chi connectivity index (χ4n) is 7.07. The Morgan fingerprint density at radius 2 is 0.590 bits per heavy atom. The fraction of sp³-hybridized carbons (Fsp3) is 0.764. The molecule has 0 N–H and O–H groups in total. The van der Waals surface area contributed by atoms with Gasteiger partial charge in [-0.2, -0.15) is 0 Å². The van der Waals surface area contributed by atoms with Gasteiger partial charge in [0.25, 0.3) is 0 Å². The van der Waals surface area contributed by atoms with Crippen LogP contribution in [0.4, 0.5) is 0 Å². The molecule has 0 spiro atoms. The molecule has 0 aromatic heterocycles. The lowest BCUT2D eigenvalue weighted by atomic mass is 10.1. The molecular formula is C55H96O6. The summed E-state index contributed by atoms with van der Waals surface area (Å²) < 4.78 is 16.7. The Kier molecular flexibility index (Phi) is 47.4. The van der Waals surface area contributed by atoms with E-state index in [1.54, 1.807) is 0 Å². The van der Waals surface area contributed by atoms with Gasteiger partial charge in [0.05, 0.1) is 0 Å². The summed E-state index contributed by atoms with van der Waals surface area (Å²) in [5, 5.41) is 0. The van der Waals surface area contributed by atoms with Crippen LogP contribution in [0, 0.1) is 0 Å². The lowest BCUT2D eigenvalue weighted by molar-refractivity contribution is -0.167. The Morgan fingerprint density at radius 1 is 0.328 bits per heavy atom. The molecule has 0 aliphatic heterocycles. The Balaban J connectivity index is 4.28. The minimum atomic E-state index is -0.783. The second-order valence-electron chi connectivity index (χ2n) is 17.1. The Hall–Kier alpha value is -2.89. The van der Waals surface area contributed by atoms with Crippen LogP contribution in [0.2, 0.25) is 0 Å². The average molecular weight is 853 g/mol. The zero-order chi connectivity index (χ0) is 44.4. The topological polar surface area (TPSA) is 78.9 Å². The number of hydrogen-bond donors (Lipinski definition) is 0. The third-order valence-electron chi connectivity index (χ3n) is 11.0. The molecule has 6 nitrogen and oxygen atoms in total. The van der Waals surface area contributed by atoms with Crippen LogP contribution in [0.25, 0.3) is 0 Å². The molecule has 0 aliphatic rings. The Bertz CT molecular complexity index is 1120. The number of allylic oxidation sites excluding steroid dienone is 10.